The van der Waals surface area contributed by atoms with Crippen molar-refractivity contribution in [3.63, 3.8) is 0 Å². The van der Waals surface area contributed by atoms with Crippen molar-refractivity contribution in [1.82, 2.24) is 0 Å². The maximum absolute atomic E-state index is 12.6. The number of hydrogen-bond acceptors (Lipinski definition) is 4. The van der Waals surface area contributed by atoms with Crippen LogP contribution in [0.25, 0.3) is 0 Å². The molecule has 0 spiro atoms. The lowest BCUT2D eigenvalue weighted by molar-refractivity contribution is -0.122. The molecule has 1 N–H and O–H groups in total. The molecule has 1 amide bonds. The summed E-state index contributed by atoms with van der Waals surface area (Å²) in [5.41, 5.74) is 0.674. The van der Waals surface area contributed by atoms with Crippen LogP contribution in [-0.4, -0.2) is 19.1 Å². The minimum absolute atomic E-state index is 0.217. The maximum atomic E-state index is 12.6. The van der Waals surface area contributed by atoms with Crippen molar-refractivity contribution in [2.24, 2.45) is 0 Å². The lowest BCUT2D eigenvalue weighted by Crippen LogP contribution is -2.32. The molecule has 0 heterocycles. The molecule has 3 aromatic rings. The Kier molecular flexibility index (Phi) is 6.52. The molecule has 5 heteroatoms. The summed E-state index contributed by atoms with van der Waals surface area (Å²) in [6.07, 6.45) is -0.101. The third-order valence-electron chi connectivity index (χ3n) is 4.10. The van der Waals surface area contributed by atoms with Gasteiger partial charge in [-0.15, -0.1) is 0 Å². The molecule has 0 saturated heterocycles. The minimum atomic E-state index is -0.628. The van der Waals surface area contributed by atoms with E-state index in [0.29, 0.717) is 29.4 Å². The van der Waals surface area contributed by atoms with Crippen molar-refractivity contribution in [1.29, 1.82) is 0 Å². The van der Waals surface area contributed by atoms with E-state index in [-0.39, 0.29) is 5.91 Å². The zero-order valence-corrected chi connectivity index (χ0v) is 15.9. The van der Waals surface area contributed by atoms with E-state index in [1.54, 1.807) is 31.4 Å². The fraction of sp³-hybridized carbons (Fsp3) is 0.174. The van der Waals surface area contributed by atoms with Crippen LogP contribution >= 0.6 is 0 Å². The topological polar surface area (TPSA) is 56.8 Å². The number of carbonyl (C=O) groups is 1. The molecule has 0 aromatic heterocycles. The van der Waals surface area contributed by atoms with Crippen LogP contribution in [0.2, 0.25) is 0 Å². The Morgan fingerprint density at radius 3 is 2.11 bits per heavy atom. The number of rotatable bonds is 8. The maximum Gasteiger partial charge on any atom is 0.265 e. The Balaban J connectivity index is 1.62. The lowest BCUT2D eigenvalue weighted by atomic mass is 10.2. The third-order valence-corrected chi connectivity index (χ3v) is 4.10. The van der Waals surface area contributed by atoms with Gasteiger partial charge in [0.15, 0.2) is 17.6 Å². The smallest absolute Gasteiger partial charge is 0.265 e. The van der Waals surface area contributed by atoms with Crippen molar-refractivity contribution in [3.8, 4) is 23.0 Å². The zero-order chi connectivity index (χ0) is 19.8. The van der Waals surface area contributed by atoms with Gasteiger partial charge in [-0.05, 0) is 55.0 Å². The van der Waals surface area contributed by atoms with E-state index in [2.05, 4.69) is 5.32 Å². The molecule has 3 aromatic carbocycles. The fourth-order valence-corrected chi connectivity index (χ4v) is 2.65. The lowest BCUT2D eigenvalue weighted by Gasteiger charge is -2.19. The molecule has 0 aliphatic rings. The van der Waals surface area contributed by atoms with Crippen molar-refractivity contribution in [2.45, 2.75) is 19.4 Å². The summed E-state index contributed by atoms with van der Waals surface area (Å²) in [6.45, 7) is 1.90. The van der Waals surface area contributed by atoms with E-state index in [9.17, 15) is 4.79 Å². The van der Waals surface area contributed by atoms with Crippen LogP contribution in [0.15, 0.2) is 78.9 Å². The molecular formula is C23H23NO4. The first-order valence-corrected chi connectivity index (χ1v) is 9.13. The number of ether oxygens (including phenoxy) is 3. The molecule has 0 aliphatic carbocycles. The third kappa shape index (κ3) is 5.04. The molecule has 144 valence electrons. The summed E-state index contributed by atoms with van der Waals surface area (Å²) in [4.78, 5) is 12.6. The van der Waals surface area contributed by atoms with Gasteiger partial charge in [0, 0.05) is 5.69 Å². The highest BCUT2D eigenvalue weighted by molar-refractivity contribution is 5.94. The quantitative estimate of drug-likeness (QED) is 0.580. The van der Waals surface area contributed by atoms with Crippen LogP contribution in [0, 0.1) is 0 Å². The Morgan fingerprint density at radius 2 is 1.46 bits per heavy atom. The average Bonchev–Trinajstić information content (AvgIpc) is 2.74. The molecule has 3 rings (SSSR count). The van der Waals surface area contributed by atoms with Crippen LogP contribution in [0.4, 0.5) is 5.69 Å². The summed E-state index contributed by atoms with van der Waals surface area (Å²) in [5.74, 6) is 2.37. The van der Waals surface area contributed by atoms with E-state index < -0.39 is 6.10 Å². The first-order chi connectivity index (χ1) is 13.7. The Bertz CT molecular complexity index is 894. The SMILES string of the molecule is CC[C@H](Oc1ccccc1OC)C(=O)Nc1ccc(Oc2ccccc2)cc1. The molecular weight excluding hydrogens is 354 g/mol. The second-order valence-corrected chi connectivity index (χ2v) is 6.09. The summed E-state index contributed by atoms with van der Waals surface area (Å²) in [7, 11) is 1.57. The van der Waals surface area contributed by atoms with Gasteiger partial charge in [-0.25, -0.2) is 0 Å². The number of nitrogens with one attached hydrogen (secondary N) is 1. The van der Waals surface area contributed by atoms with Crippen molar-refractivity contribution in [2.75, 3.05) is 12.4 Å². The molecule has 28 heavy (non-hydrogen) atoms. The molecule has 1 atom stereocenters. The van der Waals surface area contributed by atoms with Crippen LogP contribution in [0.1, 0.15) is 13.3 Å². The second-order valence-electron chi connectivity index (χ2n) is 6.09. The van der Waals surface area contributed by atoms with Gasteiger partial charge in [0.1, 0.15) is 11.5 Å². The second kappa shape index (κ2) is 9.46. The van der Waals surface area contributed by atoms with Crippen LogP contribution in [-0.2, 0) is 4.79 Å². The highest BCUT2D eigenvalue weighted by Crippen LogP contribution is 2.28. The first-order valence-electron chi connectivity index (χ1n) is 9.13. The molecule has 0 fully saturated rings. The number of amides is 1. The van der Waals surface area contributed by atoms with Crippen LogP contribution in [0.5, 0.6) is 23.0 Å². The normalized spacial score (nSPS) is 11.4. The highest BCUT2D eigenvalue weighted by atomic mass is 16.5. The first kappa shape index (κ1) is 19.3. The van der Waals surface area contributed by atoms with Gasteiger partial charge in [-0.3, -0.25) is 4.79 Å². The Morgan fingerprint density at radius 1 is 0.857 bits per heavy atom. The standard InChI is InChI=1S/C23H23NO4/c1-3-20(28-22-12-8-7-11-21(22)26-2)23(25)24-17-13-15-19(16-14-17)27-18-9-5-4-6-10-18/h4-16,20H,3H2,1-2H3,(H,24,25)/t20-/m0/s1. The van der Waals surface area contributed by atoms with E-state index in [1.807, 2.05) is 61.5 Å². The van der Waals surface area contributed by atoms with Crippen molar-refractivity contribution >= 4 is 11.6 Å². The predicted molar refractivity (Wildman–Crippen MR) is 109 cm³/mol. The van der Waals surface area contributed by atoms with Gasteiger partial charge in [0.05, 0.1) is 7.11 Å². The van der Waals surface area contributed by atoms with Crippen molar-refractivity contribution < 1.29 is 19.0 Å². The monoisotopic (exact) mass is 377 g/mol. The summed E-state index contributed by atoms with van der Waals surface area (Å²) < 4.78 is 16.9. The Labute approximate surface area is 164 Å². The molecule has 0 saturated carbocycles. The van der Waals surface area contributed by atoms with Gasteiger partial charge < -0.3 is 19.5 Å². The minimum Gasteiger partial charge on any atom is -0.493 e. The van der Waals surface area contributed by atoms with Crippen LogP contribution in [0.3, 0.4) is 0 Å². The number of anilines is 1. The summed E-state index contributed by atoms with van der Waals surface area (Å²) >= 11 is 0. The molecule has 0 unspecified atom stereocenters. The van der Waals surface area contributed by atoms with Gasteiger partial charge >= 0.3 is 0 Å². The highest BCUT2D eigenvalue weighted by Gasteiger charge is 2.20. The van der Waals surface area contributed by atoms with Crippen LogP contribution < -0.4 is 19.5 Å². The van der Waals surface area contributed by atoms with Gasteiger partial charge in [-0.2, -0.15) is 0 Å². The van der Waals surface area contributed by atoms with Crippen molar-refractivity contribution in [3.05, 3.63) is 78.9 Å². The average molecular weight is 377 g/mol. The van der Waals surface area contributed by atoms with Gasteiger partial charge in [-0.1, -0.05) is 37.3 Å². The number of hydrogen-bond donors (Lipinski definition) is 1. The van der Waals surface area contributed by atoms with Gasteiger partial charge in [0.25, 0.3) is 5.91 Å². The van der Waals surface area contributed by atoms with E-state index in [4.69, 9.17) is 14.2 Å². The largest absolute Gasteiger partial charge is 0.493 e. The number of carbonyl (C=O) groups excluding carboxylic acids is 1. The summed E-state index contributed by atoms with van der Waals surface area (Å²) in [5, 5.41) is 2.88. The van der Waals surface area contributed by atoms with E-state index >= 15 is 0 Å². The fourth-order valence-electron chi connectivity index (χ4n) is 2.65. The Hall–Kier alpha value is -3.47. The molecule has 0 aliphatic heterocycles. The zero-order valence-electron chi connectivity index (χ0n) is 15.9. The molecule has 0 radical (unpaired) electrons. The number of benzene rings is 3. The van der Waals surface area contributed by atoms with Gasteiger partial charge in [0.2, 0.25) is 0 Å². The summed E-state index contributed by atoms with van der Waals surface area (Å²) in [6, 6.07) is 24.0. The number of para-hydroxylation sites is 3. The predicted octanol–water partition coefficient (Wildman–Crippen LogP) is 5.28. The van der Waals surface area contributed by atoms with E-state index in [0.717, 1.165) is 5.75 Å². The van der Waals surface area contributed by atoms with E-state index in [1.165, 1.54) is 0 Å². The number of methoxy groups -OCH3 is 1. The molecule has 0 bridgehead atoms. The molecule has 5 nitrogen and oxygen atoms in total.